The monoisotopic (exact) mass is 264 g/mol. The lowest BCUT2D eigenvalue weighted by Gasteiger charge is -2.15. The number of alkyl halides is 3. The predicted octanol–water partition coefficient (Wildman–Crippen LogP) is 2.12. The summed E-state index contributed by atoms with van der Waals surface area (Å²) in [6.07, 6.45) is -4.91. The van der Waals surface area contributed by atoms with Crippen LogP contribution in [0.1, 0.15) is 12.0 Å². The molecule has 0 aliphatic heterocycles. The Morgan fingerprint density at radius 2 is 2.06 bits per heavy atom. The van der Waals surface area contributed by atoms with E-state index in [-0.39, 0.29) is 12.8 Å². The molecular formula is C10H11F3N2O3. The molecule has 8 heteroatoms. The van der Waals surface area contributed by atoms with E-state index in [9.17, 15) is 23.3 Å². The summed E-state index contributed by atoms with van der Waals surface area (Å²) in [5.41, 5.74) is 4.70. The fraction of sp³-hybridized carbons (Fsp3) is 0.400. The molecule has 0 aromatic heterocycles. The number of phenols is 1. The first-order chi connectivity index (χ1) is 8.21. The van der Waals surface area contributed by atoms with Crippen molar-refractivity contribution in [2.75, 3.05) is 0 Å². The van der Waals surface area contributed by atoms with Crippen LogP contribution in [-0.2, 0) is 6.42 Å². The standard InChI is InChI=1S/C10H11F3N2O3/c11-10(12,13)9(14)4-2-6-1-3-8(16)7(5-6)15(17)18/h1,3,5,9,16H,2,4,14H2. The van der Waals surface area contributed by atoms with E-state index in [1.807, 2.05) is 0 Å². The van der Waals surface area contributed by atoms with Crippen molar-refractivity contribution >= 4 is 5.69 Å². The Balaban J connectivity index is 2.75. The lowest BCUT2D eigenvalue weighted by molar-refractivity contribution is -0.385. The number of nitro groups is 1. The summed E-state index contributed by atoms with van der Waals surface area (Å²) < 4.78 is 36.5. The van der Waals surface area contributed by atoms with Crippen molar-refractivity contribution in [3.05, 3.63) is 33.9 Å². The van der Waals surface area contributed by atoms with E-state index < -0.39 is 28.6 Å². The van der Waals surface area contributed by atoms with Gasteiger partial charge in [0.2, 0.25) is 0 Å². The van der Waals surface area contributed by atoms with Gasteiger partial charge in [-0.3, -0.25) is 10.1 Å². The van der Waals surface area contributed by atoms with Crippen LogP contribution in [0, 0.1) is 10.1 Å². The van der Waals surface area contributed by atoms with E-state index >= 15 is 0 Å². The number of aryl methyl sites for hydroxylation is 1. The fourth-order valence-electron chi connectivity index (χ4n) is 1.36. The first kappa shape index (κ1) is 14.2. The van der Waals surface area contributed by atoms with Gasteiger partial charge in [-0.1, -0.05) is 6.07 Å². The largest absolute Gasteiger partial charge is 0.502 e. The second-order valence-electron chi connectivity index (χ2n) is 3.77. The number of nitrogens with two attached hydrogens (primary N) is 1. The van der Waals surface area contributed by atoms with Gasteiger partial charge in [0.15, 0.2) is 5.75 Å². The van der Waals surface area contributed by atoms with Gasteiger partial charge in [0.05, 0.1) is 4.92 Å². The van der Waals surface area contributed by atoms with Crippen molar-refractivity contribution in [3.63, 3.8) is 0 Å². The molecule has 100 valence electrons. The quantitative estimate of drug-likeness (QED) is 0.643. The average molecular weight is 264 g/mol. The van der Waals surface area contributed by atoms with E-state index in [0.717, 1.165) is 12.1 Å². The van der Waals surface area contributed by atoms with Crippen molar-refractivity contribution in [2.45, 2.75) is 25.1 Å². The molecule has 18 heavy (non-hydrogen) atoms. The minimum Gasteiger partial charge on any atom is -0.502 e. The average Bonchev–Trinajstić information content (AvgIpc) is 2.25. The normalized spacial score (nSPS) is 13.3. The van der Waals surface area contributed by atoms with Gasteiger partial charge in [0.1, 0.15) is 6.04 Å². The number of rotatable bonds is 4. The first-order valence-electron chi connectivity index (χ1n) is 5.00. The van der Waals surface area contributed by atoms with Gasteiger partial charge in [-0.15, -0.1) is 0 Å². The Morgan fingerprint density at radius 1 is 1.44 bits per heavy atom. The Morgan fingerprint density at radius 3 is 2.56 bits per heavy atom. The van der Waals surface area contributed by atoms with Crippen LogP contribution in [0.4, 0.5) is 18.9 Å². The van der Waals surface area contributed by atoms with E-state index in [0.29, 0.717) is 5.56 Å². The molecule has 0 spiro atoms. The zero-order valence-corrected chi connectivity index (χ0v) is 9.15. The number of benzene rings is 1. The van der Waals surface area contributed by atoms with Crippen LogP contribution in [0.25, 0.3) is 0 Å². The molecule has 0 fully saturated rings. The van der Waals surface area contributed by atoms with E-state index in [1.54, 1.807) is 0 Å². The molecule has 0 saturated heterocycles. The van der Waals surface area contributed by atoms with Crippen LogP contribution in [-0.4, -0.2) is 22.2 Å². The summed E-state index contributed by atoms with van der Waals surface area (Å²) in [5.74, 6) is -0.524. The minimum absolute atomic E-state index is 0.0538. The molecule has 0 radical (unpaired) electrons. The van der Waals surface area contributed by atoms with Gasteiger partial charge in [-0.2, -0.15) is 13.2 Å². The van der Waals surface area contributed by atoms with Crippen molar-refractivity contribution in [2.24, 2.45) is 5.73 Å². The molecule has 0 aliphatic rings. The van der Waals surface area contributed by atoms with Gasteiger partial charge in [-0.05, 0) is 24.5 Å². The van der Waals surface area contributed by atoms with Crippen molar-refractivity contribution < 1.29 is 23.2 Å². The molecule has 1 aromatic rings. The molecule has 0 bridgehead atoms. The summed E-state index contributed by atoms with van der Waals surface area (Å²) in [5, 5.41) is 19.7. The maximum atomic E-state index is 12.2. The number of phenolic OH excluding ortho intramolecular Hbond substituents is 1. The number of nitro benzene ring substituents is 1. The second kappa shape index (κ2) is 5.21. The SMILES string of the molecule is NC(CCc1ccc(O)c([N+](=O)[O-])c1)C(F)(F)F. The molecule has 0 aliphatic carbocycles. The van der Waals surface area contributed by atoms with Crippen LogP contribution >= 0.6 is 0 Å². The van der Waals surface area contributed by atoms with Crippen LogP contribution in [0.15, 0.2) is 18.2 Å². The topological polar surface area (TPSA) is 89.4 Å². The Kier molecular flexibility index (Phi) is 4.12. The number of aromatic hydroxyl groups is 1. The van der Waals surface area contributed by atoms with E-state index in [2.05, 4.69) is 0 Å². The summed E-state index contributed by atoms with van der Waals surface area (Å²) >= 11 is 0. The maximum absolute atomic E-state index is 12.2. The van der Waals surface area contributed by atoms with Gasteiger partial charge < -0.3 is 10.8 Å². The molecule has 5 nitrogen and oxygen atoms in total. The molecule has 1 unspecified atom stereocenters. The number of hydrogen-bond donors (Lipinski definition) is 2. The summed E-state index contributed by atoms with van der Waals surface area (Å²) in [6, 6.07) is 1.47. The van der Waals surface area contributed by atoms with Crippen molar-refractivity contribution in [1.29, 1.82) is 0 Å². The molecule has 3 N–H and O–H groups in total. The first-order valence-corrected chi connectivity index (χ1v) is 5.00. The molecule has 1 aromatic carbocycles. The Bertz CT molecular complexity index is 448. The minimum atomic E-state index is -4.48. The fourth-order valence-corrected chi connectivity index (χ4v) is 1.36. The van der Waals surface area contributed by atoms with Gasteiger partial charge in [0, 0.05) is 6.07 Å². The maximum Gasteiger partial charge on any atom is 0.403 e. The van der Waals surface area contributed by atoms with Crippen molar-refractivity contribution in [3.8, 4) is 5.75 Å². The molecule has 0 saturated carbocycles. The van der Waals surface area contributed by atoms with Gasteiger partial charge >= 0.3 is 11.9 Å². The van der Waals surface area contributed by atoms with E-state index in [4.69, 9.17) is 10.8 Å². The van der Waals surface area contributed by atoms with Crippen LogP contribution in [0.2, 0.25) is 0 Å². The third-order valence-corrected chi connectivity index (χ3v) is 2.40. The van der Waals surface area contributed by atoms with Crippen molar-refractivity contribution in [1.82, 2.24) is 0 Å². The third kappa shape index (κ3) is 3.59. The predicted molar refractivity (Wildman–Crippen MR) is 57.1 cm³/mol. The van der Waals surface area contributed by atoms with Crippen LogP contribution < -0.4 is 5.73 Å². The Labute approximate surface area is 100 Å². The number of nitrogens with zero attached hydrogens (tertiary/aromatic N) is 1. The molecule has 1 rings (SSSR count). The van der Waals surface area contributed by atoms with Crippen LogP contribution in [0.5, 0.6) is 5.75 Å². The molecular weight excluding hydrogens is 253 g/mol. The lowest BCUT2D eigenvalue weighted by atomic mass is 10.0. The molecule has 1 atom stereocenters. The Hall–Kier alpha value is -1.83. The lowest BCUT2D eigenvalue weighted by Crippen LogP contribution is -2.37. The van der Waals surface area contributed by atoms with Crippen LogP contribution in [0.3, 0.4) is 0 Å². The second-order valence-corrected chi connectivity index (χ2v) is 3.77. The molecule has 0 amide bonds. The summed E-state index contributed by atoms with van der Waals surface area (Å²) in [4.78, 5) is 9.71. The highest BCUT2D eigenvalue weighted by Gasteiger charge is 2.36. The van der Waals surface area contributed by atoms with Gasteiger partial charge in [0.25, 0.3) is 0 Å². The number of hydrogen-bond acceptors (Lipinski definition) is 4. The smallest absolute Gasteiger partial charge is 0.403 e. The van der Waals surface area contributed by atoms with E-state index in [1.165, 1.54) is 6.07 Å². The highest BCUT2D eigenvalue weighted by molar-refractivity contribution is 5.47. The number of halogens is 3. The zero-order valence-electron chi connectivity index (χ0n) is 9.15. The molecule has 0 heterocycles. The third-order valence-electron chi connectivity index (χ3n) is 2.40. The highest BCUT2D eigenvalue weighted by Crippen LogP contribution is 2.28. The highest BCUT2D eigenvalue weighted by atomic mass is 19.4. The summed E-state index contributed by atoms with van der Waals surface area (Å²) in [6.45, 7) is 0. The summed E-state index contributed by atoms with van der Waals surface area (Å²) in [7, 11) is 0. The van der Waals surface area contributed by atoms with Gasteiger partial charge in [-0.25, -0.2) is 0 Å². The zero-order chi connectivity index (χ0) is 13.9.